The first-order valence-electron chi connectivity index (χ1n) is 9.69. The van der Waals surface area contributed by atoms with Gasteiger partial charge in [-0.3, -0.25) is 14.3 Å². The van der Waals surface area contributed by atoms with Gasteiger partial charge in [0.1, 0.15) is 5.69 Å². The number of nitrogens with zero attached hydrogens (tertiary/aromatic N) is 3. The van der Waals surface area contributed by atoms with Gasteiger partial charge in [-0.2, -0.15) is 5.10 Å². The maximum absolute atomic E-state index is 13.0. The van der Waals surface area contributed by atoms with Crippen molar-refractivity contribution in [3.8, 4) is 10.4 Å². The summed E-state index contributed by atoms with van der Waals surface area (Å²) in [6, 6.07) is 13.9. The molecule has 3 heterocycles. The number of aromatic nitrogens is 2. The van der Waals surface area contributed by atoms with Crippen molar-refractivity contribution in [1.82, 2.24) is 14.7 Å². The van der Waals surface area contributed by atoms with E-state index in [1.165, 1.54) is 4.88 Å². The van der Waals surface area contributed by atoms with Crippen LogP contribution in [0.15, 0.2) is 54.0 Å². The molecule has 1 aromatic carbocycles. The fourth-order valence-electron chi connectivity index (χ4n) is 4.19. The number of hydrogen-bond donors (Lipinski definition) is 1. The molecule has 1 aliphatic heterocycles. The van der Waals surface area contributed by atoms with Crippen LogP contribution in [0.25, 0.3) is 10.4 Å². The lowest BCUT2D eigenvalue weighted by Crippen LogP contribution is -2.53. The van der Waals surface area contributed by atoms with Gasteiger partial charge in [0, 0.05) is 31.2 Å². The summed E-state index contributed by atoms with van der Waals surface area (Å²) in [7, 11) is 1.75. The van der Waals surface area contributed by atoms with Crippen molar-refractivity contribution in [2.24, 2.45) is 18.2 Å². The van der Waals surface area contributed by atoms with Crippen molar-refractivity contribution >= 4 is 23.2 Å². The number of primary amides is 1. The van der Waals surface area contributed by atoms with E-state index in [1.807, 2.05) is 23.6 Å². The number of piperidine rings is 1. The summed E-state index contributed by atoms with van der Waals surface area (Å²) in [5.41, 5.74) is 7.89. The van der Waals surface area contributed by atoms with Crippen LogP contribution in [-0.2, 0) is 18.3 Å². The van der Waals surface area contributed by atoms with Crippen molar-refractivity contribution in [2.45, 2.75) is 19.3 Å². The second kappa shape index (κ2) is 7.83. The molecule has 0 radical (unpaired) electrons. The molecule has 0 spiro atoms. The van der Waals surface area contributed by atoms with Crippen LogP contribution in [-0.4, -0.2) is 39.6 Å². The molecule has 3 aromatic rings. The van der Waals surface area contributed by atoms with Gasteiger partial charge in [0.15, 0.2) is 0 Å². The summed E-state index contributed by atoms with van der Waals surface area (Å²) in [5, 5.41) is 6.14. The Balaban J connectivity index is 1.65. The fourth-order valence-corrected chi connectivity index (χ4v) is 4.98. The van der Waals surface area contributed by atoms with Crippen LogP contribution in [0.4, 0.5) is 0 Å². The molecule has 2 amide bonds. The number of likely N-dealkylation sites (tertiary alicyclic amines) is 1. The molecule has 6 nitrogen and oxygen atoms in total. The number of benzene rings is 1. The molecule has 2 aromatic heterocycles. The molecule has 1 fully saturated rings. The molecule has 0 bridgehead atoms. The SMILES string of the molecule is Cn1nccc1C(=O)N1CCC[C@](Cc2ccccc2-c2cccs2)(C(N)=O)C1. The van der Waals surface area contributed by atoms with Gasteiger partial charge in [0.2, 0.25) is 5.91 Å². The Bertz CT molecular complexity index is 1030. The number of carbonyl (C=O) groups excluding carboxylic acids is 2. The lowest BCUT2D eigenvalue weighted by Gasteiger charge is -2.41. The van der Waals surface area contributed by atoms with Crippen LogP contribution in [0.3, 0.4) is 0 Å². The topological polar surface area (TPSA) is 81.2 Å². The number of nitrogens with two attached hydrogens (primary N) is 1. The number of thiophene rings is 1. The zero-order chi connectivity index (χ0) is 20.4. The molecule has 2 N–H and O–H groups in total. The van der Waals surface area contributed by atoms with Crippen molar-refractivity contribution in [2.75, 3.05) is 13.1 Å². The highest BCUT2D eigenvalue weighted by Gasteiger charge is 2.43. The van der Waals surface area contributed by atoms with Gasteiger partial charge < -0.3 is 10.6 Å². The quantitative estimate of drug-likeness (QED) is 0.704. The Labute approximate surface area is 173 Å². The summed E-state index contributed by atoms with van der Waals surface area (Å²) in [6.45, 7) is 0.941. The van der Waals surface area contributed by atoms with E-state index in [0.29, 0.717) is 31.6 Å². The second-order valence-electron chi connectivity index (χ2n) is 7.63. The molecule has 29 heavy (non-hydrogen) atoms. The smallest absolute Gasteiger partial charge is 0.272 e. The van der Waals surface area contributed by atoms with E-state index < -0.39 is 5.41 Å². The van der Waals surface area contributed by atoms with E-state index in [9.17, 15) is 9.59 Å². The van der Waals surface area contributed by atoms with Crippen molar-refractivity contribution in [1.29, 1.82) is 0 Å². The molecule has 0 saturated carbocycles. The van der Waals surface area contributed by atoms with Crippen molar-refractivity contribution in [3.63, 3.8) is 0 Å². The monoisotopic (exact) mass is 408 g/mol. The zero-order valence-corrected chi connectivity index (χ0v) is 17.2. The molecule has 150 valence electrons. The molecular formula is C22H24N4O2S. The third-order valence-corrected chi connectivity index (χ3v) is 6.66. The molecule has 0 aliphatic carbocycles. The molecule has 0 unspecified atom stereocenters. The Morgan fingerprint density at radius 2 is 2.03 bits per heavy atom. The number of carbonyl (C=O) groups is 2. The Morgan fingerprint density at radius 1 is 1.21 bits per heavy atom. The number of rotatable bonds is 5. The highest BCUT2D eigenvalue weighted by molar-refractivity contribution is 7.13. The molecule has 7 heteroatoms. The van der Waals surface area contributed by atoms with Crippen LogP contribution in [0.5, 0.6) is 0 Å². The van der Waals surface area contributed by atoms with Crippen LogP contribution >= 0.6 is 11.3 Å². The first kappa shape index (κ1) is 19.4. The summed E-state index contributed by atoms with van der Waals surface area (Å²) < 4.78 is 1.56. The van der Waals surface area contributed by atoms with E-state index in [2.05, 4.69) is 23.3 Å². The summed E-state index contributed by atoms with van der Waals surface area (Å²) in [6.07, 6.45) is 3.55. The summed E-state index contributed by atoms with van der Waals surface area (Å²) >= 11 is 1.67. The lowest BCUT2D eigenvalue weighted by atomic mass is 9.73. The number of aryl methyl sites for hydroxylation is 1. The predicted octanol–water partition coefficient (Wildman–Crippen LogP) is 3.10. The Hall–Kier alpha value is -2.93. The van der Waals surface area contributed by atoms with E-state index in [4.69, 9.17) is 5.73 Å². The summed E-state index contributed by atoms with van der Waals surface area (Å²) in [5.74, 6) is -0.456. The Morgan fingerprint density at radius 3 is 2.72 bits per heavy atom. The van der Waals surface area contributed by atoms with Gasteiger partial charge in [-0.1, -0.05) is 30.3 Å². The van der Waals surface area contributed by atoms with E-state index in [-0.39, 0.29) is 11.8 Å². The Kier molecular flexibility index (Phi) is 5.24. The van der Waals surface area contributed by atoms with Gasteiger partial charge >= 0.3 is 0 Å². The zero-order valence-electron chi connectivity index (χ0n) is 16.4. The van der Waals surface area contributed by atoms with Crippen LogP contribution in [0.1, 0.15) is 28.9 Å². The van der Waals surface area contributed by atoms with Gasteiger partial charge in [0.25, 0.3) is 5.91 Å². The van der Waals surface area contributed by atoms with E-state index in [1.54, 1.807) is 40.2 Å². The van der Waals surface area contributed by atoms with Crippen LogP contribution in [0.2, 0.25) is 0 Å². The van der Waals surface area contributed by atoms with E-state index >= 15 is 0 Å². The summed E-state index contributed by atoms with van der Waals surface area (Å²) in [4.78, 5) is 28.6. The maximum Gasteiger partial charge on any atom is 0.272 e. The average Bonchev–Trinajstić information content (AvgIpc) is 3.40. The highest BCUT2D eigenvalue weighted by atomic mass is 32.1. The van der Waals surface area contributed by atoms with Gasteiger partial charge in [-0.25, -0.2) is 0 Å². The predicted molar refractivity (Wildman–Crippen MR) is 113 cm³/mol. The number of hydrogen-bond acceptors (Lipinski definition) is 4. The van der Waals surface area contributed by atoms with Crippen molar-refractivity contribution in [3.05, 3.63) is 65.3 Å². The maximum atomic E-state index is 13.0. The van der Waals surface area contributed by atoms with Gasteiger partial charge in [0.05, 0.1) is 5.41 Å². The first-order chi connectivity index (χ1) is 14.0. The second-order valence-corrected chi connectivity index (χ2v) is 8.57. The van der Waals surface area contributed by atoms with Crippen LogP contribution < -0.4 is 5.73 Å². The van der Waals surface area contributed by atoms with E-state index in [0.717, 1.165) is 17.5 Å². The minimum Gasteiger partial charge on any atom is -0.369 e. The third kappa shape index (κ3) is 3.70. The third-order valence-electron chi connectivity index (χ3n) is 5.76. The lowest BCUT2D eigenvalue weighted by molar-refractivity contribution is -0.130. The standard InChI is InChI=1S/C22H24N4O2S/c1-25-18(9-11-24-25)20(27)26-12-5-10-22(15-26,21(23)28)14-16-6-2-3-7-17(16)19-8-4-13-29-19/h2-4,6-9,11,13H,5,10,12,14-15H2,1H3,(H2,23,28)/t22-/m1/s1. The van der Waals surface area contributed by atoms with Crippen molar-refractivity contribution < 1.29 is 9.59 Å². The molecule has 1 atom stereocenters. The average molecular weight is 409 g/mol. The molecule has 1 saturated heterocycles. The largest absolute Gasteiger partial charge is 0.369 e. The fraction of sp³-hybridized carbons (Fsp3) is 0.318. The van der Waals surface area contributed by atoms with Crippen LogP contribution in [0, 0.1) is 5.41 Å². The normalized spacial score (nSPS) is 19.3. The number of amides is 2. The molecule has 4 rings (SSSR count). The minimum atomic E-state index is -0.778. The molecular weight excluding hydrogens is 384 g/mol. The van der Waals surface area contributed by atoms with Gasteiger partial charge in [-0.05, 0) is 47.9 Å². The highest BCUT2D eigenvalue weighted by Crippen LogP contribution is 2.38. The molecule has 1 aliphatic rings. The van der Waals surface area contributed by atoms with Gasteiger partial charge in [-0.15, -0.1) is 11.3 Å². The minimum absolute atomic E-state index is 0.109. The first-order valence-corrected chi connectivity index (χ1v) is 10.6.